The summed E-state index contributed by atoms with van der Waals surface area (Å²) in [5.74, 6) is 0.339. The molecule has 4 nitrogen and oxygen atoms in total. The lowest BCUT2D eigenvalue weighted by Gasteiger charge is -2.21. The molecule has 100 valence electrons. The van der Waals surface area contributed by atoms with Crippen molar-refractivity contribution in [1.29, 1.82) is 0 Å². The SMILES string of the molecule is O=C1[C@@H]2[C@@H](C(=O)N1c1ccncc1)[C@H]1C=C[C@H]2C12CC2. The predicted octanol–water partition coefficient (Wildman–Crippen LogP) is 1.78. The van der Waals surface area contributed by atoms with Gasteiger partial charge in [-0.2, -0.15) is 0 Å². The quantitative estimate of drug-likeness (QED) is 0.575. The molecule has 1 aromatic heterocycles. The number of hydrogen-bond donors (Lipinski definition) is 0. The lowest BCUT2D eigenvalue weighted by atomic mass is 9.85. The lowest BCUT2D eigenvalue weighted by molar-refractivity contribution is -0.123. The Kier molecular flexibility index (Phi) is 1.72. The zero-order chi connectivity index (χ0) is 13.5. The van der Waals surface area contributed by atoms with E-state index in [0.29, 0.717) is 17.5 Å². The van der Waals surface area contributed by atoms with Crippen LogP contribution in [0.5, 0.6) is 0 Å². The molecule has 20 heavy (non-hydrogen) atoms. The highest BCUT2D eigenvalue weighted by atomic mass is 16.2. The molecule has 4 heteroatoms. The van der Waals surface area contributed by atoms with Gasteiger partial charge < -0.3 is 0 Å². The monoisotopic (exact) mass is 266 g/mol. The summed E-state index contributed by atoms with van der Waals surface area (Å²) in [5, 5.41) is 0. The minimum Gasteiger partial charge on any atom is -0.274 e. The summed E-state index contributed by atoms with van der Waals surface area (Å²) in [6, 6.07) is 3.47. The highest BCUT2D eigenvalue weighted by molar-refractivity contribution is 6.23. The van der Waals surface area contributed by atoms with Gasteiger partial charge in [0.25, 0.3) is 0 Å². The van der Waals surface area contributed by atoms with E-state index in [1.54, 1.807) is 24.5 Å². The zero-order valence-corrected chi connectivity index (χ0v) is 10.9. The molecule has 2 amide bonds. The van der Waals surface area contributed by atoms with Gasteiger partial charge in [0.2, 0.25) is 11.8 Å². The molecule has 3 fully saturated rings. The van der Waals surface area contributed by atoms with Gasteiger partial charge in [0.15, 0.2) is 0 Å². The Morgan fingerprint density at radius 2 is 1.55 bits per heavy atom. The molecule has 0 N–H and O–H groups in total. The van der Waals surface area contributed by atoms with E-state index in [1.165, 1.54) is 17.7 Å². The summed E-state index contributed by atoms with van der Waals surface area (Å²) >= 11 is 0. The molecule has 0 aromatic carbocycles. The van der Waals surface area contributed by atoms with Gasteiger partial charge >= 0.3 is 0 Å². The van der Waals surface area contributed by atoms with Crippen molar-refractivity contribution in [2.45, 2.75) is 12.8 Å². The molecule has 4 atom stereocenters. The molecule has 0 radical (unpaired) electrons. The van der Waals surface area contributed by atoms with Crippen LogP contribution in [-0.4, -0.2) is 16.8 Å². The minimum absolute atomic E-state index is 0.00525. The highest BCUT2D eigenvalue weighted by Gasteiger charge is 2.73. The van der Waals surface area contributed by atoms with Gasteiger partial charge in [-0.25, -0.2) is 4.90 Å². The second-order valence-corrected chi connectivity index (χ2v) is 6.44. The predicted molar refractivity (Wildman–Crippen MR) is 71.5 cm³/mol. The fourth-order valence-corrected chi connectivity index (χ4v) is 4.83. The van der Waals surface area contributed by atoms with E-state index in [2.05, 4.69) is 17.1 Å². The lowest BCUT2D eigenvalue weighted by Crippen LogP contribution is -2.34. The molecular weight excluding hydrogens is 252 g/mol. The van der Waals surface area contributed by atoms with Crippen molar-refractivity contribution < 1.29 is 9.59 Å². The first-order valence-electron chi connectivity index (χ1n) is 7.20. The van der Waals surface area contributed by atoms with Gasteiger partial charge in [-0.1, -0.05) is 12.2 Å². The number of imide groups is 1. The van der Waals surface area contributed by atoms with Crippen molar-refractivity contribution >= 4 is 17.5 Å². The third kappa shape index (κ3) is 1.00. The normalized spacial score (nSPS) is 38.9. The smallest absolute Gasteiger partial charge is 0.238 e. The van der Waals surface area contributed by atoms with E-state index < -0.39 is 0 Å². The van der Waals surface area contributed by atoms with Gasteiger partial charge in [-0.05, 0) is 42.2 Å². The molecule has 1 aromatic rings. The molecule has 1 aliphatic heterocycles. The fourth-order valence-electron chi connectivity index (χ4n) is 4.83. The van der Waals surface area contributed by atoms with Gasteiger partial charge in [0.1, 0.15) is 0 Å². The van der Waals surface area contributed by atoms with Crippen LogP contribution < -0.4 is 4.90 Å². The Hall–Kier alpha value is -1.97. The van der Waals surface area contributed by atoms with Gasteiger partial charge in [0.05, 0.1) is 17.5 Å². The second kappa shape index (κ2) is 3.19. The first kappa shape index (κ1) is 10.8. The Morgan fingerprint density at radius 3 is 2.05 bits per heavy atom. The number of amides is 2. The van der Waals surface area contributed by atoms with Gasteiger partial charge in [-0.15, -0.1) is 0 Å². The Bertz CT molecular complexity index is 628. The summed E-state index contributed by atoms with van der Waals surface area (Å²) in [6.45, 7) is 0. The van der Waals surface area contributed by atoms with Crippen LogP contribution in [0.4, 0.5) is 5.69 Å². The number of allylic oxidation sites excluding steroid dienone is 2. The van der Waals surface area contributed by atoms with Crippen molar-refractivity contribution in [1.82, 2.24) is 4.98 Å². The maximum absolute atomic E-state index is 12.8. The van der Waals surface area contributed by atoms with Crippen molar-refractivity contribution in [3.63, 3.8) is 0 Å². The molecule has 4 aliphatic rings. The topological polar surface area (TPSA) is 50.3 Å². The maximum atomic E-state index is 12.8. The molecule has 5 rings (SSSR count). The molecule has 2 bridgehead atoms. The number of hydrogen-bond acceptors (Lipinski definition) is 3. The highest BCUT2D eigenvalue weighted by Crippen LogP contribution is 2.73. The largest absolute Gasteiger partial charge is 0.274 e. The van der Waals surface area contributed by atoms with E-state index in [1.807, 2.05) is 0 Å². The molecule has 1 spiro atoms. The molecule has 2 heterocycles. The number of pyridine rings is 1. The number of rotatable bonds is 1. The number of anilines is 1. The minimum atomic E-state index is -0.117. The fraction of sp³-hybridized carbons (Fsp3) is 0.438. The standard InChI is InChI=1S/C16H14N2O2/c19-14-12-10-1-2-11(16(10)5-6-16)13(12)15(20)18(14)9-3-7-17-8-4-9/h1-4,7-8,10-13H,5-6H2/t10-,11-,12+,13+/m1/s1. The number of nitrogens with zero attached hydrogens (tertiary/aromatic N) is 2. The Balaban J connectivity index is 1.60. The van der Waals surface area contributed by atoms with E-state index in [0.717, 1.165) is 0 Å². The van der Waals surface area contributed by atoms with Crippen LogP contribution in [0, 0.1) is 29.1 Å². The number of carbonyl (C=O) groups is 2. The number of fused-ring (bicyclic) bond motifs is 3. The van der Waals surface area contributed by atoms with E-state index >= 15 is 0 Å². The maximum Gasteiger partial charge on any atom is 0.238 e. The first-order valence-corrected chi connectivity index (χ1v) is 7.20. The van der Waals surface area contributed by atoms with Crippen molar-refractivity contribution in [2.24, 2.45) is 29.1 Å². The van der Waals surface area contributed by atoms with E-state index in [9.17, 15) is 9.59 Å². The third-order valence-corrected chi connectivity index (χ3v) is 5.77. The van der Waals surface area contributed by atoms with Crippen LogP contribution in [0.2, 0.25) is 0 Å². The van der Waals surface area contributed by atoms with Crippen molar-refractivity contribution in [3.8, 4) is 0 Å². The average molecular weight is 266 g/mol. The zero-order valence-electron chi connectivity index (χ0n) is 10.9. The van der Waals surface area contributed by atoms with Gasteiger partial charge in [0, 0.05) is 12.4 Å². The van der Waals surface area contributed by atoms with E-state index in [4.69, 9.17) is 0 Å². The summed E-state index contributed by atoms with van der Waals surface area (Å²) in [7, 11) is 0. The van der Waals surface area contributed by atoms with Gasteiger partial charge in [-0.3, -0.25) is 14.6 Å². The molecule has 1 saturated heterocycles. The average Bonchev–Trinajstić information content (AvgIpc) is 3.06. The molecule has 0 unspecified atom stereocenters. The molecule has 2 saturated carbocycles. The van der Waals surface area contributed by atoms with Crippen LogP contribution in [0.1, 0.15) is 12.8 Å². The van der Waals surface area contributed by atoms with Crippen LogP contribution in [0.3, 0.4) is 0 Å². The van der Waals surface area contributed by atoms with Crippen molar-refractivity contribution in [2.75, 3.05) is 4.90 Å². The third-order valence-electron chi connectivity index (χ3n) is 5.77. The summed E-state index contributed by atoms with van der Waals surface area (Å²) in [5.41, 5.74) is 0.930. The Labute approximate surface area is 116 Å². The number of carbonyl (C=O) groups excluding carboxylic acids is 2. The van der Waals surface area contributed by atoms with Crippen LogP contribution in [-0.2, 0) is 9.59 Å². The molecular formula is C16H14N2O2. The van der Waals surface area contributed by atoms with E-state index in [-0.39, 0.29) is 29.1 Å². The number of aromatic nitrogens is 1. The Morgan fingerprint density at radius 1 is 1.00 bits per heavy atom. The van der Waals surface area contributed by atoms with Crippen LogP contribution >= 0.6 is 0 Å². The first-order chi connectivity index (χ1) is 9.74. The second-order valence-electron chi connectivity index (χ2n) is 6.44. The summed E-state index contributed by atoms with van der Waals surface area (Å²) < 4.78 is 0. The van der Waals surface area contributed by atoms with Crippen LogP contribution in [0.15, 0.2) is 36.7 Å². The molecule has 3 aliphatic carbocycles. The summed E-state index contributed by atoms with van der Waals surface area (Å²) in [4.78, 5) is 30.8. The summed E-state index contributed by atoms with van der Waals surface area (Å²) in [6.07, 6.45) is 9.99. The van der Waals surface area contributed by atoms with Crippen molar-refractivity contribution in [3.05, 3.63) is 36.7 Å². The van der Waals surface area contributed by atoms with Crippen LogP contribution in [0.25, 0.3) is 0 Å².